The molecule has 0 bridgehead atoms. The van der Waals surface area contributed by atoms with Gasteiger partial charge >= 0.3 is 0 Å². The van der Waals surface area contributed by atoms with Crippen LogP contribution in [-0.2, 0) is 10.1 Å². The molecule has 0 saturated carbocycles. The molecular weight excluding hydrogens is 160 g/mol. The molecule has 0 fully saturated rings. The third-order valence-electron chi connectivity index (χ3n) is 0.893. The van der Waals surface area contributed by atoms with Gasteiger partial charge in [-0.15, -0.1) is 0 Å². The molecule has 0 aliphatic rings. The van der Waals surface area contributed by atoms with E-state index in [0.717, 1.165) is 0 Å². The van der Waals surface area contributed by atoms with Gasteiger partial charge in [0.15, 0.2) is 0 Å². The molecule has 7 heteroatoms. The number of nitrogens with one attached hydrogen (secondary N) is 1. The summed E-state index contributed by atoms with van der Waals surface area (Å²) in [6.07, 6.45) is 0. The van der Waals surface area contributed by atoms with Crippen molar-refractivity contribution in [2.75, 3.05) is 13.3 Å². The summed E-state index contributed by atoms with van der Waals surface area (Å²) in [5.74, 6) is 0. The molecule has 5 N–H and O–H groups in total. The maximum absolute atomic E-state index is 10.3. The highest BCUT2D eigenvalue weighted by molar-refractivity contribution is 7.86. The predicted molar refractivity (Wildman–Crippen MR) is 34.6 cm³/mol. The molecule has 0 heterocycles. The van der Waals surface area contributed by atoms with E-state index in [1.165, 1.54) is 0 Å². The average molecular weight is 170 g/mol. The second-order valence-electron chi connectivity index (χ2n) is 1.60. The monoisotopic (exact) mass is 170 g/mol. The van der Waals surface area contributed by atoms with Crippen molar-refractivity contribution < 1.29 is 18.1 Å². The van der Waals surface area contributed by atoms with E-state index in [2.05, 4.69) is 5.32 Å². The highest BCUT2D eigenvalue weighted by atomic mass is 32.2. The van der Waals surface area contributed by atoms with Gasteiger partial charge in [-0.2, -0.15) is 8.42 Å². The van der Waals surface area contributed by atoms with Gasteiger partial charge in [-0.3, -0.25) is 9.87 Å². The Morgan fingerprint density at radius 3 is 2.20 bits per heavy atom. The Kier molecular flexibility index (Phi) is 3.76. The molecule has 0 aromatic heterocycles. The molecule has 0 spiro atoms. The minimum atomic E-state index is -4.17. The number of aliphatic hydroxyl groups excluding tert-OH is 1. The summed E-state index contributed by atoms with van der Waals surface area (Å²) in [5, 5.41) is 8.97. The molecule has 0 rings (SSSR count). The second-order valence-corrected chi connectivity index (χ2v) is 3.20. The Morgan fingerprint density at radius 2 is 2.10 bits per heavy atom. The molecule has 62 valence electrons. The maximum atomic E-state index is 10.3. The molecule has 0 saturated heterocycles. The Balaban J connectivity index is 4.08. The van der Waals surface area contributed by atoms with Gasteiger partial charge in [0.05, 0.1) is 6.73 Å². The van der Waals surface area contributed by atoms with Crippen molar-refractivity contribution in [1.82, 2.24) is 5.32 Å². The van der Waals surface area contributed by atoms with Crippen LogP contribution >= 0.6 is 0 Å². The molecule has 0 aromatic carbocycles. The van der Waals surface area contributed by atoms with E-state index in [9.17, 15) is 8.42 Å². The normalized spacial score (nSPS) is 15.1. The molecule has 0 aromatic rings. The van der Waals surface area contributed by atoms with Crippen LogP contribution in [0.5, 0.6) is 0 Å². The van der Waals surface area contributed by atoms with E-state index < -0.39 is 22.2 Å². The van der Waals surface area contributed by atoms with E-state index in [4.69, 9.17) is 15.4 Å². The number of hydrogen-bond donors (Lipinski definition) is 4. The first kappa shape index (κ1) is 9.79. The van der Waals surface area contributed by atoms with Crippen molar-refractivity contribution in [3.63, 3.8) is 0 Å². The molecule has 0 aliphatic heterocycles. The summed E-state index contributed by atoms with van der Waals surface area (Å²) in [4.78, 5) is 0. The lowest BCUT2D eigenvalue weighted by atomic mass is 10.6. The molecule has 0 radical (unpaired) electrons. The zero-order chi connectivity index (χ0) is 8.20. The number of nitrogens with two attached hydrogens (primary N) is 1. The van der Waals surface area contributed by atoms with Crippen LogP contribution in [-0.4, -0.2) is 36.7 Å². The SMILES string of the molecule is NCC(NCO)S(=O)(=O)O. The Bertz CT molecular complexity index is 177. The lowest BCUT2D eigenvalue weighted by Gasteiger charge is -2.10. The smallest absolute Gasteiger partial charge is 0.282 e. The Labute approximate surface area is 58.8 Å². The van der Waals surface area contributed by atoms with Crippen molar-refractivity contribution in [3.05, 3.63) is 0 Å². The number of hydrogen-bond acceptors (Lipinski definition) is 5. The zero-order valence-electron chi connectivity index (χ0n) is 5.19. The van der Waals surface area contributed by atoms with Gasteiger partial charge in [-0.05, 0) is 0 Å². The summed E-state index contributed by atoms with van der Waals surface area (Å²) in [6, 6.07) is 0. The van der Waals surface area contributed by atoms with Crippen LogP contribution in [0.4, 0.5) is 0 Å². The predicted octanol–water partition coefficient (Wildman–Crippen LogP) is -2.30. The van der Waals surface area contributed by atoms with E-state index in [1.54, 1.807) is 0 Å². The van der Waals surface area contributed by atoms with Crippen LogP contribution in [0.15, 0.2) is 0 Å². The highest BCUT2D eigenvalue weighted by Crippen LogP contribution is 1.89. The molecular formula is C3H10N2O4S. The second kappa shape index (κ2) is 3.84. The third-order valence-corrected chi connectivity index (χ3v) is 1.97. The molecule has 6 nitrogen and oxygen atoms in total. The van der Waals surface area contributed by atoms with Gasteiger partial charge < -0.3 is 10.8 Å². The van der Waals surface area contributed by atoms with E-state index in [1.807, 2.05) is 0 Å². The minimum absolute atomic E-state index is 0.278. The van der Waals surface area contributed by atoms with Crippen molar-refractivity contribution in [3.8, 4) is 0 Å². The summed E-state index contributed by atoms with van der Waals surface area (Å²) < 4.78 is 28.8. The van der Waals surface area contributed by atoms with Crippen LogP contribution in [0.3, 0.4) is 0 Å². The largest absolute Gasteiger partial charge is 0.381 e. The molecule has 0 amide bonds. The fraction of sp³-hybridized carbons (Fsp3) is 1.00. The van der Waals surface area contributed by atoms with Gasteiger partial charge in [-0.1, -0.05) is 0 Å². The lowest BCUT2D eigenvalue weighted by molar-refractivity contribution is 0.252. The summed E-state index contributed by atoms with van der Waals surface area (Å²) in [6.45, 7) is -0.818. The molecule has 1 unspecified atom stereocenters. The van der Waals surface area contributed by atoms with Crippen molar-refractivity contribution >= 4 is 10.1 Å². The first-order chi connectivity index (χ1) is 4.52. The molecule has 10 heavy (non-hydrogen) atoms. The van der Waals surface area contributed by atoms with Crippen LogP contribution < -0.4 is 11.1 Å². The van der Waals surface area contributed by atoms with Crippen LogP contribution in [0, 0.1) is 0 Å². The van der Waals surface area contributed by atoms with Gasteiger partial charge in [0.1, 0.15) is 5.37 Å². The van der Waals surface area contributed by atoms with Crippen molar-refractivity contribution in [2.24, 2.45) is 5.73 Å². The van der Waals surface area contributed by atoms with Gasteiger partial charge in [0.2, 0.25) is 0 Å². The quantitative estimate of drug-likeness (QED) is 0.279. The highest BCUT2D eigenvalue weighted by Gasteiger charge is 2.19. The first-order valence-electron chi connectivity index (χ1n) is 2.53. The number of rotatable bonds is 4. The van der Waals surface area contributed by atoms with E-state index in [-0.39, 0.29) is 6.54 Å². The average Bonchev–Trinajstić information content (AvgIpc) is 1.80. The Morgan fingerprint density at radius 1 is 1.60 bits per heavy atom. The van der Waals surface area contributed by atoms with E-state index in [0.29, 0.717) is 0 Å². The summed E-state index contributed by atoms with van der Waals surface area (Å²) >= 11 is 0. The third kappa shape index (κ3) is 3.08. The summed E-state index contributed by atoms with van der Waals surface area (Å²) in [5.41, 5.74) is 4.93. The molecule has 0 aliphatic carbocycles. The van der Waals surface area contributed by atoms with Crippen LogP contribution in [0.25, 0.3) is 0 Å². The van der Waals surface area contributed by atoms with Crippen LogP contribution in [0.2, 0.25) is 0 Å². The Hall–Kier alpha value is -0.210. The van der Waals surface area contributed by atoms with Crippen molar-refractivity contribution in [1.29, 1.82) is 0 Å². The van der Waals surface area contributed by atoms with Crippen LogP contribution in [0.1, 0.15) is 0 Å². The number of aliphatic hydroxyl groups is 1. The van der Waals surface area contributed by atoms with Gasteiger partial charge in [0.25, 0.3) is 10.1 Å². The lowest BCUT2D eigenvalue weighted by Crippen LogP contribution is -2.42. The first-order valence-corrected chi connectivity index (χ1v) is 4.03. The fourth-order valence-electron chi connectivity index (χ4n) is 0.412. The summed E-state index contributed by atoms with van der Waals surface area (Å²) in [7, 11) is -4.17. The van der Waals surface area contributed by atoms with E-state index >= 15 is 0 Å². The minimum Gasteiger partial charge on any atom is -0.381 e. The van der Waals surface area contributed by atoms with Gasteiger partial charge in [-0.25, -0.2) is 0 Å². The molecule has 1 atom stereocenters. The maximum Gasteiger partial charge on any atom is 0.282 e. The van der Waals surface area contributed by atoms with Gasteiger partial charge in [0, 0.05) is 6.54 Å². The fourth-order valence-corrected chi connectivity index (χ4v) is 0.940. The topological polar surface area (TPSA) is 113 Å². The van der Waals surface area contributed by atoms with Crippen molar-refractivity contribution in [2.45, 2.75) is 5.37 Å². The standard InChI is InChI=1S/C3H10N2O4S/c4-1-3(5-2-6)10(7,8)9/h3,5-6H,1-2,4H2,(H,7,8,9). The zero-order valence-corrected chi connectivity index (χ0v) is 6.00.